The summed E-state index contributed by atoms with van der Waals surface area (Å²) < 4.78 is 16.9. The first-order valence-electron chi connectivity index (χ1n) is 7.59. The van der Waals surface area contributed by atoms with Gasteiger partial charge in [-0.15, -0.1) is 10.2 Å². The fourth-order valence-electron chi connectivity index (χ4n) is 2.25. The monoisotopic (exact) mass is 434 g/mol. The average Bonchev–Trinajstić information content (AvgIpc) is 3.14. The summed E-state index contributed by atoms with van der Waals surface area (Å²) in [7, 11) is 3.07. The third-order valence-electron chi connectivity index (χ3n) is 3.54. The number of methoxy groups -OCH3 is 2. The largest absolute Gasteiger partial charge is 0.497 e. The lowest BCUT2D eigenvalue weighted by atomic mass is 10.1. The zero-order valence-corrected chi connectivity index (χ0v) is 16.5. The zero-order valence-electron chi connectivity index (χ0n) is 14.1. The van der Waals surface area contributed by atoms with Gasteiger partial charge < -0.3 is 13.9 Å². The molecule has 2 aromatic carbocycles. The van der Waals surface area contributed by atoms with Gasteiger partial charge in [0.25, 0.3) is 5.22 Å². The van der Waals surface area contributed by atoms with Gasteiger partial charge in [-0.25, -0.2) is 0 Å². The first kappa shape index (κ1) is 18.5. The molecule has 0 fully saturated rings. The number of halogens is 1. The molecule has 0 radical (unpaired) electrons. The molecule has 134 valence electrons. The Hall–Kier alpha value is -2.32. The highest BCUT2D eigenvalue weighted by Gasteiger charge is 2.17. The van der Waals surface area contributed by atoms with Crippen molar-refractivity contribution >= 4 is 33.5 Å². The van der Waals surface area contributed by atoms with Crippen molar-refractivity contribution in [2.45, 2.75) is 5.22 Å². The van der Waals surface area contributed by atoms with E-state index in [1.807, 2.05) is 24.3 Å². The first-order chi connectivity index (χ1) is 12.6. The summed E-state index contributed by atoms with van der Waals surface area (Å²) >= 11 is 4.63. The average molecular weight is 435 g/mol. The number of thioether (sulfide) groups is 1. The minimum Gasteiger partial charge on any atom is -0.497 e. The van der Waals surface area contributed by atoms with Crippen LogP contribution in [0.2, 0.25) is 0 Å². The Morgan fingerprint density at radius 2 is 1.96 bits per heavy atom. The summed E-state index contributed by atoms with van der Waals surface area (Å²) in [5.41, 5.74) is 1.25. The third-order valence-corrected chi connectivity index (χ3v) is 5.05. The number of hydrogen-bond acceptors (Lipinski definition) is 7. The maximum Gasteiger partial charge on any atom is 0.277 e. The van der Waals surface area contributed by atoms with Crippen molar-refractivity contribution in [3.8, 4) is 23.0 Å². The maximum atomic E-state index is 12.5. The molecule has 0 aliphatic heterocycles. The minimum absolute atomic E-state index is 0.119. The molecular formula is C18H15BrN2O4S. The van der Waals surface area contributed by atoms with Gasteiger partial charge in [0, 0.05) is 4.47 Å². The summed E-state index contributed by atoms with van der Waals surface area (Å²) in [5, 5.41) is 8.35. The second-order valence-corrected chi connectivity index (χ2v) is 6.91. The molecule has 0 saturated heterocycles. The van der Waals surface area contributed by atoms with Gasteiger partial charge in [-0.1, -0.05) is 23.9 Å². The molecule has 0 N–H and O–H groups in total. The van der Waals surface area contributed by atoms with Gasteiger partial charge in [0.15, 0.2) is 5.78 Å². The van der Waals surface area contributed by atoms with Gasteiger partial charge in [0.2, 0.25) is 5.89 Å². The maximum absolute atomic E-state index is 12.5. The van der Waals surface area contributed by atoms with Crippen molar-refractivity contribution in [2.75, 3.05) is 20.0 Å². The fraction of sp³-hybridized carbons (Fsp3) is 0.167. The van der Waals surface area contributed by atoms with E-state index in [0.717, 1.165) is 10.0 Å². The van der Waals surface area contributed by atoms with Crippen LogP contribution in [0.25, 0.3) is 11.5 Å². The van der Waals surface area contributed by atoms with Crippen molar-refractivity contribution in [1.29, 1.82) is 0 Å². The number of carbonyl (C=O) groups excluding carboxylic acids is 1. The third kappa shape index (κ3) is 4.08. The molecule has 0 unspecified atom stereocenters. The van der Waals surface area contributed by atoms with Crippen molar-refractivity contribution in [3.05, 3.63) is 52.5 Å². The van der Waals surface area contributed by atoms with Crippen LogP contribution in [-0.2, 0) is 0 Å². The van der Waals surface area contributed by atoms with Crippen molar-refractivity contribution < 1.29 is 18.7 Å². The van der Waals surface area contributed by atoms with Gasteiger partial charge in [0.05, 0.1) is 31.1 Å². The lowest BCUT2D eigenvalue weighted by molar-refractivity contribution is 0.101. The quantitative estimate of drug-likeness (QED) is 0.400. The molecule has 0 aliphatic carbocycles. The Morgan fingerprint density at radius 3 is 2.69 bits per heavy atom. The van der Waals surface area contributed by atoms with E-state index < -0.39 is 0 Å². The second kappa shape index (κ2) is 8.37. The minimum atomic E-state index is -0.119. The topological polar surface area (TPSA) is 74.5 Å². The molecule has 8 heteroatoms. The summed E-state index contributed by atoms with van der Waals surface area (Å²) in [6.07, 6.45) is 0. The van der Waals surface area contributed by atoms with Crippen molar-refractivity contribution in [2.24, 2.45) is 0 Å². The van der Waals surface area contributed by atoms with Gasteiger partial charge in [-0.3, -0.25) is 4.79 Å². The van der Waals surface area contributed by atoms with Crippen LogP contribution in [0.4, 0.5) is 0 Å². The van der Waals surface area contributed by atoms with Gasteiger partial charge >= 0.3 is 0 Å². The summed E-state index contributed by atoms with van der Waals surface area (Å²) in [6, 6.07) is 12.7. The number of ether oxygens (including phenoxy) is 2. The molecule has 26 heavy (non-hydrogen) atoms. The van der Waals surface area contributed by atoms with Crippen molar-refractivity contribution in [3.63, 3.8) is 0 Å². The highest BCUT2D eigenvalue weighted by Crippen LogP contribution is 2.30. The van der Waals surface area contributed by atoms with E-state index >= 15 is 0 Å². The van der Waals surface area contributed by atoms with Crippen LogP contribution in [0.15, 0.2) is 56.6 Å². The van der Waals surface area contributed by atoms with Crippen LogP contribution in [0.5, 0.6) is 11.5 Å². The fourth-order valence-corrected chi connectivity index (χ4v) is 3.35. The van der Waals surface area contributed by atoms with Crippen LogP contribution in [-0.4, -0.2) is 36.0 Å². The highest BCUT2D eigenvalue weighted by atomic mass is 79.9. The van der Waals surface area contributed by atoms with E-state index in [-0.39, 0.29) is 11.5 Å². The summed E-state index contributed by atoms with van der Waals surface area (Å²) in [5.74, 6) is 1.50. The molecule has 0 amide bonds. The van der Waals surface area contributed by atoms with E-state index in [2.05, 4.69) is 26.1 Å². The predicted molar refractivity (Wildman–Crippen MR) is 102 cm³/mol. The standard InChI is InChI=1S/C18H15BrN2O4S/c1-23-11-7-8-16(24-2)13(9-11)15(22)10-26-18-21-20-17(25-18)12-5-3-4-6-14(12)19/h3-9H,10H2,1-2H3. The number of Topliss-reactive ketones (excluding diaryl/α,β-unsaturated/α-hetero) is 1. The van der Waals surface area contributed by atoms with Crippen LogP contribution < -0.4 is 9.47 Å². The summed E-state index contributed by atoms with van der Waals surface area (Å²) in [6.45, 7) is 0. The zero-order chi connectivity index (χ0) is 18.5. The molecule has 0 spiro atoms. The smallest absolute Gasteiger partial charge is 0.277 e. The van der Waals surface area contributed by atoms with Gasteiger partial charge in [0.1, 0.15) is 11.5 Å². The predicted octanol–water partition coefficient (Wildman–Crippen LogP) is 4.49. The lowest BCUT2D eigenvalue weighted by Gasteiger charge is -2.08. The highest BCUT2D eigenvalue weighted by molar-refractivity contribution is 9.10. The van der Waals surface area contributed by atoms with Crippen LogP contribution in [0, 0.1) is 0 Å². The Balaban J connectivity index is 1.72. The molecule has 3 rings (SSSR count). The number of carbonyl (C=O) groups is 1. The second-order valence-electron chi connectivity index (χ2n) is 5.13. The molecule has 0 aliphatic rings. The van der Waals surface area contributed by atoms with E-state index in [0.29, 0.717) is 28.2 Å². The number of ketones is 1. The molecule has 1 heterocycles. The van der Waals surface area contributed by atoms with Crippen LogP contribution in [0.1, 0.15) is 10.4 Å². The Morgan fingerprint density at radius 1 is 1.15 bits per heavy atom. The molecule has 0 saturated carbocycles. The Labute approximate surface area is 163 Å². The normalized spacial score (nSPS) is 10.6. The molecule has 0 bridgehead atoms. The Bertz CT molecular complexity index is 929. The summed E-state index contributed by atoms with van der Waals surface area (Å²) in [4.78, 5) is 12.5. The van der Waals surface area contributed by atoms with E-state index in [1.165, 1.54) is 18.9 Å². The molecule has 6 nitrogen and oxygen atoms in total. The molecule has 0 atom stereocenters. The number of benzene rings is 2. The van der Waals surface area contributed by atoms with Gasteiger partial charge in [-0.05, 0) is 46.3 Å². The Kier molecular flexibility index (Phi) is 5.95. The number of nitrogens with zero attached hydrogens (tertiary/aromatic N) is 2. The van der Waals surface area contributed by atoms with Gasteiger partial charge in [-0.2, -0.15) is 0 Å². The molecule has 3 aromatic rings. The van der Waals surface area contributed by atoms with E-state index in [9.17, 15) is 4.79 Å². The number of hydrogen-bond donors (Lipinski definition) is 0. The van der Waals surface area contributed by atoms with Crippen molar-refractivity contribution in [1.82, 2.24) is 10.2 Å². The number of aromatic nitrogens is 2. The molecular weight excluding hydrogens is 420 g/mol. The molecule has 1 aromatic heterocycles. The first-order valence-corrected chi connectivity index (χ1v) is 9.36. The van der Waals surface area contributed by atoms with E-state index in [1.54, 1.807) is 25.3 Å². The number of rotatable bonds is 7. The lowest BCUT2D eigenvalue weighted by Crippen LogP contribution is -2.05. The van der Waals surface area contributed by atoms with Crippen LogP contribution in [0.3, 0.4) is 0 Å². The van der Waals surface area contributed by atoms with E-state index in [4.69, 9.17) is 13.9 Å². The van der Waals surface area contributed by atoms with Crippen LogP contribution >= 0.6 is 27.7 Å². The SMILES string of the molecule is COc1ccc(OC)c(C(=O)CSc2nnc(-c3ccccc3Br)o2)c1.